The standard InChI is InChI=1S/C17H29N5O2/c1-11-10-19-12(9-18)14(20-11)22-7-6-17(5,21-15(23)24)8-13(22)16(2,3)4/h10,13,21H,6-9,18H2,1-5H3,(H,23,24). The van der Waals surface area contributed by atoms with Crippen LogP contribution in [-0.4, -0.2) is 39.3 Å². The summed E-state index contributed by atoms with van der Waals surface area (Å²) in [5.41, 5.74) is 7.01. The average Bonchev–Trinajstić information content (AvgIpc) is 2.45. The van der Waals surface area contributed by atoms with E-state index in [1.54, 1.807) is 6.20 Å². The molecule has 4 N–H and O–H groups in total. The van der Waals surface area contributed by atoms with E-state index in [2.05, 4.69) is 41.0 Å². The third-order valence-electron chi connectivity index (χ3n) is 4.75. The molecule has 1 saturated heterocycles. The highest BCUT2D eigenvalue weighted by Gasteiger charge is 2.43. The van der Waals surface area contributed by atoms with Crippen LogP contribution in [0.4, 0.5) is 10.6 Å². The third kappa shape index (κ3) is 3.95. The van der Waals surface area contributed by atoms with Gasteiger partial charge in [-0.05, 0) is 32.1 Å². The second-order valence-corrected chi connectivity index (χ2v) is 8.01. The summed E-state index contributed by atoms with van der Waals surface area (Å²) in [6, 6.07) is 0.129. The van der Waals surface area contributed by atoms with Gasteiger partial charge in [0.2, 0.25) is 0 Å². The molecule has 0 bridgehead atoms. The first-order chi connectivity index (χ1) is 11.1. The Labute approximate surface area is 143 Å². The summed E-state index contributed by atoms with van der Waals surface area (Å²) in [7, 11) is 0. The van der Waals surface area contributed by atoms with Crippen molar-refractivity contribution in [2.45, 2.75) is 65.6 Å². The lowest BCUT2D eigenvalue weighted by Gasteiger charge is -2.50. The first-order valence-electron chi connectivity index (χ1n) is 8.36. The predicted octanol–water partition coefficient (Wildman–Crippen LogP) is 2.28. The lowest BCUT2D eigenvalue weighted by atomic mass is 9.74. The second kappa shape index (κ2) is 6.55. The number of rotatable bonds is 3. The maximum absolute atomic E-state index is 11.2. The van der Waals surface area contributed by atoms with Crippen molar-refractivity contribution in [1.29, 1.82) is 0 Å². The van der Waals surface area contributed by atoms with Crippen LogP contribution in [0.5, 0.6) is 0 Å². The highest BCUT2D eigenvalue weighted by molar-refractivity contribution is 5.65. The van der Waals surface area contributed by atoms with Crippen LogP contribution in [0.1, 0.15) is 51.9 Å². The molecule has 0 aromatic carbocycles. The molecular formula is C17H29N5O2. The number of nitrogens with one attached hydrogen (secondary N) is 1. The first-order valence-corrected chi connectivity index (χ1v) is 8.36. The normalized spacial score (nSPS) is 24.8. The van der Waals surface area contributed by atoms with Crippen molar-refractivity contribution < 1.29 is 9.90 Å². The van der Waals surface area contributed by atoms with E-state index in [1.165, 1.54) is 0 Å². The Kier molecular flexibility index (Phi) is 5.03. The van der Waals surface area contributed by atoms with E-state index in [0.717, 1.165) is 17.2 Å². The summed E-state index contributed by atoms with van der Waals surface area (Å²) in [6.45, 7) is 11.4. The van der Waals surface area contributed by atoms with Crippen LogP contribution in [0.3, 0.4) is 0 Å². The number of amides is 1. The van der Waals surface area contributed by atoms with Crippen LogP contribution in [-0.2, 0) is 6.54 Å². The molecule has 2 unspecified atom stereocenters. The van der Waals surface area contributed by atoms with Gasteiger partial charge in [0.1, 0.15) is 0 Å². The molecule has 24 heavy (non-hydrogen) atoms. The molecule has 7 heteroatoms. The molecule has 1 aliphatic heterocycles. The SMILES string of the molecule is Cc1cnc(CN)c(N2CCC(C)(NC(=O)O)CC2C(C)(C)C)n1. The molecule has 2 atom stereocenters. The van der Waals surface area contributed by atoms with Gasteiger partial charge in [0, 0.05) is 30.9 Å². The average molecular weight is 335 g/mol. The summed E-state index contributed by atoms with van der Waals surface area (Å²) in [5.74, 6) is 0.829. The fraction of sp³-hybridized carbons (Fsp3) is 0.706. The van der Waals surface area contributed by atoms with Gasteiger partial charge in [0.15, 0.2) is 5.82 Å². The topological polar surface area (TPSA) is 104 Å². The van der Waals surface area contributed by atoms with Crippen molar-refractivity contribution >= 4 is 11.9 Å². The molecule has 0 saturated carbocycles. The number of piperidine rings is 1. The lowest BCUT2D eigenvalue weighted by molar-refractivity contribution is 0.147. The number of aryl methyl sites for hydroxylation is 1. The fourth-order valence-electron chi connectivity index (χ4n) is 3.42. The van der Waals surface area contributed by atoms with E-state index in [1.807, 2.05) is 13.8 Å². The van der Waals surface area contributed by atoms with Gasteiger partial charge >= 0.3 is 6.09 Å². The van der Waals surface area contributed by atoms with E-state index in [-0.39, 0.29) is 11.5 Å². The predicted molar refractivity (Wildman–Crippen MR) is 94.0 cm³/mol. The molecule has 1 aromatic rings. The van der Waals surface area contributed by atoms with E-state index in [9.17, 15) is 4.79 Å². The number of nitrogens with zero attached hydrogens (tertiary/aromatic N) is 3. The number of hydrogen-bond acceptors (Lipinski definition) is 5. The minimum atomic E-state index is -0.975. The van der Waals surface area contributed by atoms with Gasteiger partial charge in [-0.2, -0.15) is 0 Å². The maximum Gasteiger partial charge on any atom is 0.405 e. The van der Waals surface area contributed by atoms with Crippen LogP contribution in [0.2, 0.25) is 0 Å². The van der Waals surface area contributed by atoms with Crippen molar-refractivity contribution in [3.8, 4) is 0 Å². The van der Waals surface area contributed by atoms with Crippen LogP contribution < -0.4 is 16.0 Å². The summed E-state index contributed by atoms with van der Waals surface area (Å²) in [6.07, 6.45) is 2.18. The van der Waals surface area contributed by atoms with E-state index >= 15 is 0 Å². The van der Waals surface area contributed by atoms with Crippen molar-refractivity contribution in [2.24, 2.45) is 11.1 Å². The van der Waals surface area contributed by atoms with Crippen molar-refractivity contribution in [2.75, 3.05) is 11.4 Å². The number of carbonyl (C=O) groups is 1. The zero-order valence-corrected chi connectivity index (χ0v) is 15.3. The Morgan fingerprint density at radius 3 is 2.75 bits per heavy atom. The van der Waals surface area contributed by atoms with Crippen LogP contribution in [0, 0.1) is 12.3 Å². The minimum absolute atomic E-state index is 0.0425. The molecule has 134 valence electrons. The monoisotopic (exact) mass is 335 g/mol. The molecule has 1 fully saturated rings. The van der Waals surface area contributed by atoms with Crippen LogP contribution in [0.25, 0.3) is 0 Å². The Morgan fingerprint density at radius 2 is 2.21 bits per heavy atom. The van der Waals surface area contributed by atoms with Gasteiger partial charge in [0.25, 0.3) is 0 Å². The third-order valence-corrected chi connectivity index (χ3v) is 4.75. The van der Waals surface area contributed by atoms with Crippen LogP contribution in [0.15, 0.2) is 6.20 Å². The van der Waals surface area contributed by atoms with Gasteiger partial charge in [-0.25, -0.2) is 9.78 Å². The number of carboxylic acid groups (broad SMARTS) is 1. The molecule has 0 aliphatic carbocycles. The van der Waals surface area contributed by atoms with Gasteiger partial charge in [-0.3, -0.25) is 4.98 Å². The number of aromatic nitrogens is 2. The Bertz CT molecular complexity index is 613. The fourth-order valence-corrected chi connectivity index (χ4v) is 3.42. The van der Waals surface area contributed by atoms with Crippen molar-refractivity contribution in [3.63, 3.8) is 0 Å². The van der Waals surface area contributed by atoms with Crippen LogP contribution >= 0.6 is 0 Å². The number of anilines is 1. The summed E-state index contributed by atoms with van der Waals surface area (Å²) >= 11 is 0. The molecule has 2 rings (SSSR count). The second-order valence-electron chi connectivity index (χ2n) is 8.01. The summed E-state index contributed by atoms with van der Waals surface area (Å²) in [5, 5.41) is 11.9. The van der Waals surface area contributed by atoms with Gasteiger partial charge in [-0.1, -0.05) is 20.8 Å². The highest BCUT2D eigenvalue weighted by Crippen LogP contribution is 2.39. The largest absolute Gasteiger partial charge is 0.465 e. The van der Waals surface area contributed by atoms with Gasteiger partial charge in [-0.15, -0.1) is 0 Å². The molecule has 1 aliphatic rings. The Hall–Kier alpha value is -1.89. The molecule has 7 nitrogen and oxygen atoms in total. The molecule has 1 amide bonds. The van der Waals surface area contributed by atoms with E-state index in [4.69, 9.17) is 10.8 Å². The first kappa shape index (κ1) is 18.4. The summed E-state index contributed by atoms with van der Waals surface area (Å²) in [4.78, 5) is 22.5. The molecular weight excluding hydrogens is 306 g/mol. The Balaban J connectivity index is 2.40. The van der Waals surface area contributed by atoms with E-state index < -0.39 is 11.6 Å². The lowest BCUT2D eigenvalue weighted by Crippen LogP contribution is -2.60. The summed E-state index contributed by atoms with van der Waals surface area (Å²) < 4.78 is 0. The van der Waals surface area contributed by atoms with Crippen molar-refractivity contribution in [1.82, 2.24) is 15.3 Å². The molecule has 2 heterocycles. The molecule has 1 aromatic heterocycles. The smallest absolute Gasteiger partial charge is 0.405 e. The highest BCUT2D eigenvalue weighted by atomic mass is 16.4. The van der Waals surface area contributed by atoms with E-state index in [0.29, 0.717) is 25.9 Å². The van der Waals surface area contributed by atoms with Crippen molar-refractivity contribution in [3.05, 3.63) is 17.6 Å². The quantitative estimate of drug-likeness (QED) is 0.783. The zero-order chi connectivity index (χ0) is 18.1. The van der Waals surface area contributed by atoms with Gasteiger partial charge in [0.05, 0.1) is 11.4 Å². The molecule has 0 spiro atoms. The Morgan fingerprint density at radius 1 is 1.54 bits per heavy atom. The maximum atomic E-state index is 11.2. The van der Waals surface area contributed by atoms with Gasteiger partial charge < -0.3 is 21.1 Å². The molecule has 0 radical (unpaired) electrons. The number of nitrogens with two attached hydrogens (primary N) is 1. The zero-order valence-electron chi connectivity index (χ0n) is 15.3. The minimum Gasteiger partial charge on any atom is -0.465 e. The number of hydrogen-bond donors (Lipinski definition) is 3.